The Balaban J connectivity index is 2.11. The zero-order valence-corrected chi connectivity index (χ0v) is 12.5. The van der Waals surface area contributed by atoms with Gasteiger partial charge in [-0.1, -0.05) is 54.2 Å². The van der Waals surface area contributed by atoms with Crippen LogP contribution < -0.4 is 10.5 Å². The molecule has 0 radical (unpaired) electrons. The van der Waals surface area contributed by atoms with Crippen LogP contribution >= 0.6 is 23.8 Å². The number of hydrogen-bond acceptors (Lipinski definition) is 3. The number of rotatable bonds is 3. The van der Waals surface area contributed by atoms with E-state index in [2.05, 4.69) is 4.98 Å². The summed E-state index contributed by atoms with van der Waals surface area (Å²) in [6.45, 7) is 0. The molecule has 0 aliphatic rings. The second-order valence-electron chi connectivity index (χ2n) is 4.42. The van der Waals surface area contributed by atoms with Gasteiger partial charge in [0.15, 0.2) is 0 Å². The molecule has 3 nitrogen and oxygen atoms in total. The van der Waals surface area contributed by atoms with Crippen LogP contribution in [0.1, 0.15) is 5.56 Å². The molecule has 0 saturated carbocycles. The highest BCUT2D eigenvalue weighted by atomic mass is 35.5. The summed E-state index contributed by atoms with van der Waals surface area (Å²) >= 11 is 11.2. The van der Waals surface area contributed by atoms with E-state index in [1.54, 1.807) is 18.2 Å². The van der Waals surface area contributed by atoms with Gasteiger partial charge in [-0.15, -0.1) is 0 Å². The van der Waals surface area contributed by atoms with Crippen LogP contribution in [0.25, 0.3) is 10.9 Å². The molecule has 2 aromatic carbocycles. The first kappa shape index (κ1) is 13.8. The Kier molecular flexibility index (Phi) is 3.73. The third-order valence-corrected chi connectivity index (χ3v) is 3.54. The van der Waals surface area contributed by atoms with Crippen LogP contribution in [0.2, 0.25) is 5.02 Å². The van der Waals surface area contributed by atoms with Crippen LogP contribution in [0.4, 0.5) is 0 Å². The SMILES string of the molecule is NC(=S)c1cc(Oc2ccccc2Cl)nc2ccccc12. The van der Waals surface area contributed by atoms with Crippen LogP contribution in [0.5, 0.6) is 11.6 Å². The summed E-state index contributed by atoms with van der Waals surface area (Å²) in [6, 6.07) is 16.6. The van der Waals surface area contributed by atoms with Crippen LogP contribution in [-0.2, 0) is 0 Å². The Morgan fingerprint density at radius 1 is 1.10 bits per heavy atom. The molecule has 0 bridgehead atoms. The predicted molar refractivity (Wildman–Crippen MR) is 89.2 cm³/mol. The lowest BCUT2D eigenvalue weighted by Crippen LogP contribution is -2.10. The van der Waals surface area contributed by atoms with E-state index in [9.17, 15) is 0 Å². The summed E-state index contributed by atoms with van der Waals surface area (Å²) in [7, 11) is 0. The molecule has 0 unspecified atom stereocenters. The molecular weight excluding hydrogens is 304 g/mol. The van der Waals surface area contributed by atoms with Crippen molar-refractivity contribution in [2.24, 2.45) is 5.73 Å². The summed E-state index contributed by atoms with van der Waals surface area (Å²) in [6.07, 6.45) is 0. The first-order valence-electron chi connectivity index (χ1n) is 6.27. The molecule has 1 heterocycles. The van der Waals surface area contributed by atoms with Crippen LogP contribution in [0.15, 0.2) is 54.6 Å². The largest absolute Gasteiger partial charge is 0.437 e. The van der Waals surface area contributed by atoms with Gasteiger partial charge in [0.1, 0.15) is 10.7 Å². The molecule has 1 aromatic heterocycles. The predicted octanol–water partition coefficient (Wildman–Crippen LogP) is 4.31. The first-order valence-corrected chi connectivity index (χ1v) is 7.06. The molecule has 104 valence electrons. The molecule has 0 saturated heterocycles. The molecule has 2 N–H and O–H groups in total. The number of pyridine rings is 1. The number of halogens is 1. The highest BCUT2D eigenvalue weighted by Gasteiger charge is 2.10. The maximum atomic E-state index is 6.09. The van der Waals surface area contributed by atoms with Crippen molar-refractivity contribution in [3.05, 3.63) is 65.2 Å². The number of thiocarbonyl (C=S) groups is 1. The summed E-state index contributed by atoms with van der Waals surface area (Å²) in [5.41, 5.74) is 7.30. The van der Waals surface area contributed by atoms with E-state index in [4.69, 9.17) is 34.3 Å². The number of benzene rings is 2. The molecule has 0 fully saturated rings. The normalized spacial score (nSPS) is 10.5. The maximum absolute atomic E-state index is 6.09. The Labute approximate surface area is 132 Å². The third kappa shape index (κ3) is 2.82. The van der Waals surface area contributed by atoms with Crippen molar-refractivity contribution >= 4 is 39.7 Å². The summed E-state index contributed by atoms with van der Waals surface area (Å²) in [4.78, 5) is 4.76. The highest BCUT2D eigenvalue weighted by molar-refractivity contribution is 7.80. The Morgan fingerprint density at radius 3 is 2.57 bits per heavy atom. The van der Waals surface area contributed by atoms with Crippen molar-refractivity contribution in [2.75, 3.05) is 0 Å². The van der Waals surface area contributed by atoms with Gasteiger partial charge in [-0.3, -0.25) is 0 Å². The molecule has 0 aliphatic heterocycles. The van der Waals surface area contributed by atoms with E-state index < -0.39 is 0 Å². The molecule has 0 amide bonds. The lowest BCUT2D eigenvalue weighted by atomic mass is 10.1. The van der Waals surface area contributed by atoms with Crippen molar-refractivity contribution in [3.8, 4) is 11.6 Å². The average Bonchev–Trinajstić information content (AvgIpc) is 2.48. The monoisotopic (exact) mass is 314 g/mol. The smallest absolute Gasteiger partial charge is 0.220 e. The van der Waals surface area contributed by atoms with Crippen molar-refractivity contribution in [1.29, 1.82) is 0 Å². The molecule has 0 aliphatic carbocycles. The van der Waals surface area contributed by atoms with Gasteiger partial charge in [0.05, 0.1) is 10.5 Å². The van der Waals surface area contributed by atoms with Gasteiger partial charge in [-0.05, 0) is 18.2 Å². The number of nitrogens with zero attached hydrogens (tertiary/aromatic N) is 1. The van der Waals surface area contributed by atoms with Gasteiger partial charge in [0.2, 0.25) is 5.88 Å². The van der Waals surface area contributed by atoms with E-state index in [0.29, 0.717) is 21.6 Å². The summed E-state index contributed by atoms with van der Waals surface area (Å²) in [5.74, 6) is 0.945. The third-order valence-electron chi connectivity index (χ3n) is 3.01. The quantitative estimate of drug-likeness (QED) is 0.732. The Morgan fingerprint density at radius 2 is 1.81 bits per heavy atom. The average molecular weight is 315 g/mol. The molecule has 0 atom stereocenters. The zero-order valence-electron chi connectivity index (χ0n) is 10.9. The number of ether oxygens (including phenoxy) is 1. The number of nitrogens with two attached hydrogens (primary N) is 1. The number of para-hydroxylation sites is 2. The van der Waals surface area contributed by atoms with Gasteiger partial charge in [0.25, 0.3) is 0 Å². The molecule has 21 heavy (non-hydrogen) atoms. The van der Waals surface area contributed by atoms with E-state index in [0.717, 1.165) is 16.5 Å². The van der Waals surface area contributed by atoms with Gasteiger partial charge in [-0.25, -0.2) is 4.98 Å². The van der Waals surface area contributed by atoms with Crippen LogP contribution in [0, 0.1) is 0 Å². The van der Waals surface area contributed by atoms with Gasteiger partial charge in [0, 0.05) is 17.0 Å². The fourth-order valence-electron chi connectivity index (χ4n) is 2.05. The summed E-state index contributed by atoms with van der Waals surface area (Å²) < 4.78 is 5.75. The van der Waals surface area contributed by atoms with E-state index in [1.165, 1.54) is 0 Å². The number of hydrogen-bond donors (Lipinski definition) is 1. The molecule has 3 aromatic rings. The molecular formula is C16H11ClN2OS. The van der Waals surface area contributed by atoms with E-state index in [1.807, 2.05) is 36.4 Å². The fourth-order valence-corrected chi connectivity index (χ4v) is 2.39. The number of aromatic nitrogens is 1. The second-order valence-corrected chi connectivity index (χ2v) is 5.27. The minimum absolute atomic E-state index is 0.303. The standard InChI is InChI=1S/C16H11ClN2OS/c17-12-6-2-4-8-14(12)20-15-9-11(16(18)21)10-5-1-3-7-13(10)19-15/h1-9H,(H2,18,21). The van der Waals surface area contributed by atoms with Crippen molar-refractivity contribution in [3.63, 3.8) is 0 Å². The van der Waals surface area contributed by atoms with Crippen LogP contribution in [-0.4, -0.2) is 9.97 Å². The minimum Gasteiger partial charge on any atom is -0.437 e. The Bertz CT molecular complexity index is 835. The molecule has 5 heteroatoms. The summed E-state index contributed by atoms with van der Waals surface area (Å²) in [5, 5.41) is 1.42. The minimum atomic E-state index is 0.303. The van der Waals surface area contributed by atoms with Crippen LogP contribution in [0.3, 0.4) is 0 Å². The van der Waals surface area contributed by atoms with E-state index in [-0.39, 0.29) is 0 Å². The number of fused-ring (bicyclic) bond motifs is 1. The first-order chi connectivity index (χ1) is 10.1. The van der Waals surface area contributed by atoms with Gasteiger partial charge in [-0.2, -0.15) is 0 Å². The second kappa shape index (κ2) is 5.68. The lowest BCUT2D eigenvalue weighted by molar-refractivity contribution is 0.465. The van der Waals surface area contributed by atoms with Gasteiger partial charge >= 0.3 is 0 Å². The highest BCUT2D eigenvalue weighted by Crippen LogP contribution is 2.30. The van der Waals surface area contributed by atoms with E-state index >= 15 is 0 Å². The fraction of sp³-hybridized carbons (Fsp3) is 0. The Hall–Kier alpha value is -2.17. The molecule has 3 rings (SSSR count). The van der Waals surface area contributed by atoms with Crippen molar-refractivity contribution < 1.29 is 4.74 Å². The van der Waals surface area contributed by atoms with Crippen molar-refractivity contribution in [1.82, 2.24) is 4.98 Å². The topological polar surface area (TPSA) is 48.1 Å². The molecule has 0 spiro atoms. The zero-order chi connectivity index (χ0) is 14.8. The lowest BCUT2D eigenvalue weighted by Gasteiger charge is -2.10. The van der Waals surface area contributed by atoms with Crippen molar-refractivity contribution in [2.45, 2.75) is 0 Å². The van der Waals surface area contributed by atoms with Gasteiger partial charge < -0.3 is 10.5 Å². The maximum Gasteiger partial charge on any atom is 0.220 e.